The molecular formula is C19H34N4S. The van der Waals surface area contributed by atoms with E-state index in [2.05, 4.69) is 53.1 Å². The number of thiophene rings is 1. The summed E-state index contributed by atoms with van der Waals surface area (Å²) >= 11 is 1.76. The van der Waals surface area contributed by atoms with Crippen LogP contribution in [0.25, 0.3) is 0 Å². The average molecular weight is 351 g/mol. The van der Waals surface area contributed by atoms with Gasteiger partial charge >= 0.3 is 0 Å². The average Bonchev–Trinajstić information content (AvgIpc) is 3.13. The molecule has 24 heavy (non-hydrogen) atoms. The van der Waals surface area contributed by atoms with Gasteiger partial charge < -0.3 is 15.5 Å². The van der Waals surface area contributed by atoms with Crippen molar-refractivity contribution in [3.8, 4) is 0 Å². The molecule has 1 aliphatic heterocycles. The maximum atomic E-state index is 4.82. The van der Waals surface area contributed by atoms with E-state index in [1.807, 2.05) is 0 Å². The Labute approximate surface area is 151 Å². The summed E-state index contributed by atoms with van der Waals surface area (Å²) in [6.45, 7) is 12.1. The van der Waals surface area contributed by atoms with Gasteiger partial charge in [-0.1, -0.05) is 20.3 Å². The molecule has 136 valence electrons. The number of hydrogen-bond donors (Lipinski definition) is 2. The molecule has 1 aromatic rings. The zero-order chi connectivity index (χ0) is 17.2. The van der Waals surface area contributed by atoms with Crippen LogP contribution >= 0.6 is 11.3 Å². The highest BCUT2D eigenvalue weighted by Crippen LogP contribution is 2.18. The molecule has 1 atom stereocenters. The second-order valence-electron chi connectivity index (χ2n) is 6.79. The standard InChI is InChI=1S/C19H34N4S/c1-4-6-10-23-11-7-18(8-12-23)22-19(20-5-2)21-14-16(3)17-9-13-24-15-17/h9,13,15-16,18H,4-8,10-12,14H2,1-3H3,(H2,20,21,22). The molecule has 0 saturated carbocycles. The first kappa shape index (κ1) is 19.3. The van der Waals surface area contributed by atoms with Crippen molar-refractivity contribution in [2.45, 2.75) is 58.4 Å². The molecule has 4 nitrogen and oxygen atoms in total. The first-order valence-electron chi connectivity index (χ1n) is 9.52. The lowest BCUT2D eigenvalue weighted by atomic mass is 10.0. The van der Waals surface area contributed by atoms with Crippen LogP contribution < -0.4 is 10.6 Å². The maximum Gasteiger partial charge on any atom is 0.191 e. The first-order chi connectivity index (χ1) is 11.7. The lowest BCUT2D eigenvalue weighted by Gasteiger charge is -2.33. The normalized spacial score (nSPS) is 18.5. The molecule has 2 rings (SSSR count). The lowest BCUT2D eigenvalue weighted by Crippen LogP contribution is -2.48. The Bertz CT molecular complexity index is 464. The van der Waals surface area contributed by atoms with Gasteiger partial charge in [-0.3, -0.25) is 4.99 Å². The van der Waals surface area contributed by atoms with Crippen molar-refractivity contribution in [1.29, 1.82) is 0 Å². The lowest BCUT2D eigenvalue weighted by molar-refractivity contribution is 0.203. The van der Waals surface area contributed by atoms with Crippen LogP contribution in [-0.4, -0.2) is 49.6 Å². The number of guanidine groups is 1. The van der Waals surface area contributed by atoms with Gasteiger partial charge in [0.25, 0.3) is 0 Å². The Morgan fingerprint density at radius 3 is 2.79 bits per heavy atom. The summed E-state index contributed by atoms with van der Waals surface area (Å²) in [7, 11) is 0. The van der Waals surface area contributed by atoms with E-state index in [0.29, 0.717) is 12.0 Å². The Morgan fingerprint density at radius 2 is 2.17 bits per heavy atom. The van der Waals surface area contributed by atoms with Crippen molar-refractivity contribution in [3.63, 3.8) is 0 Å². The molecule has 1 fully saturated rings. The third-order valence-corrected chi connectivity index (χ3v) is 5.44. The number of rotatable bonds is 8. The summed E-state index contributed by atoms with van der Waals surface area (Å²) in [5, 5.41) is 11.4. The highest BCUT2D eigenvalue weighted by atomic mass is 32.1. The highest BCUT2D eigenvalue weighted by molar-refractivity contribution is 7.07. The van der Waals surface area contributed by atoms with Gasteiger partial charge in [-0.15, -0.1) is 0 Å². The van der Waals surface area contributed by atoms with Gasteiger partial charge in [0.1, 0.15) is 0 Å². The summed E-state index contributed by atoms with van der Waals surface area (Å²) in [6, 6.07) is 2.76. The van der Waals surface area contributed by atoms with Gasteiger partial charge in [0.2, 0.25) is 0 Å². The van der Waals surface area contributed by atoms with E-state index in [1.54, 1.807) is 11.3 Å². The van der Waals surface area contributed by atoms with Crippen molar-refractivity contribution >= 4 is 17.3 Å². The summed E-state index contributed by atoms with van der Waals surface area (Å²) in [5.41, 5.74) is 1.39. The fraction of sp³-hybridized carbons (Fsp3) is 0.737. The van der Waals surface area contributed by atoms with E-state index in [-0.39, 0.29) is 0 Å². The van der Waals surface area contributed by atoms with Crippen LogP contribution in [0.1, 0.15) is 57.9 Å². The zero-order valence-corrected chi connectivity index (χ0v) is 16.4. The van der Waals surface area contributed by atoms with Crippen molar-refractivity contribution in [1.82, 2.24) is 15.5 Å². The molecule has 0 bridgehead atoms. The minimum atomic E-state index is 0.475. The number of piperidine rings is 1. The second-order valence-corrected chi connectivity index (χ2v) is 7.57. The monoisotopic (exact) mass is 350 g/mol. The molecule has 1 saturated heterocycles. The van der Waals surface area contributed by atoms with E-state index in [1.165, 1.54) is 50.9 Å². The van der Waals surface area contributed by atoms with Crippen molar-refractivity contribution < 1.29 is 0 Å². The minimum absolute atomic E-state index is 0.475. The van der Waals surface area contributed by atoms with Crippen LogP contribution in [-0.2, 0) is 0 Å². The molecule has 0 amide bonds. The van der Waals surface area contributed by atoms with Crippen molar-refractivity contribution in [2.24, 2.45) is 4.99 Å². The molecule has 1 aromatic heterocycles. The third-order valence-electron chi connectivity index (χ3n) is 4.74. The number of nitrogens with one attached hydrogen (secondary N) is 2. The molecule has 0 radical (unpaired) electrons. The Morgan fingerprint density at radius 1 is 1.38 bits per heavy atom. The van der Waals surface area contributed by atoms with Crippen LogP contribution in [0, 0.1) is 0 Å². The molecule has 0 aliphatic carbocycles. The predicted octanol–water partition coefficient (Wildman–Crippen LogP) is 3.67. The molecular weight excluding hydrogens is 316 g/mol. The molecule has 0 aromatic carbocycles. The van der Waals surface area contributed by atoms with Crippen LogP contribution in [0.15, 0.2) is 21.8 Å². The molecule has 2 heterocycles. The van der Waals surface area contributed by atoms with Crippen molar-refractivity contribution in [3.05, 3.63) is 22.4 Å². The highest BCUT2D eigenvalue weighted by Gasteiger charge is 2.19. The fourth-order valence-corrected chi connectivity index (χ4v) is 3.87. The molecule has 1 aliphatic rings. The summed E-state index contributed by atoms with van der Waals surface area (Å²) in [4.78, 5) is 7.42. The SMILES string of the molecule is CCCCN1CCC(NC(=NCC(C)c2ccsc2)NCC)CC1. The van der Waals surface area contributed by atoms with Gasteiger partial charge in [0.15, 0.2) is 5.96 Å². The summed E-state index contributed by atoms with van der Waals surface area (Å²) in [6.07, 6.45) is 5.04. The van der Waals surface area contributed by atoms with Gasteiger partial charge in [-0.05, 0) is 55.1 Å². The Hall–Kier alpha value is -1.07. The van der Waals surface area contributed by atoms with E-state index in [4.69, 9.17) is 4.99 Å². The molecule has 1 unspecified atom stereocenters. The molecule has 0 spiro atoms. The topological polar surface area (TPSA) is 39.7 Å². The number of nitrogens with zero attached hydrogens (tertiary/aromatic N) is 2. The van der Waals surface area contributed by atoms with E-state index in [0.717, 1.165) is 19.0 Å². The van der Waals surface area contributed by atoms with Gasteiger partial charge in [0, 0.05) is 38.1 Å². The first-order valence-corrected chi connectivity index (χ1v) is 10.5. The van der Waals surface area contributed by atoms with Crippen LogP contribution in [0.2, 0.25) is 0 Å². The van der Waals surface area contributed by atoms with E-state index >= 15 is 0 Å². The maximum absolute atomic E-state index is 4.82. The summed E-state index contributed by atoms with van der Waals surface area (Å²) < 4.78 is 0. The number of unbranched alkanes of at least 4 members (excludes halogenated alkanes) is 1. The van der Waals surface area contributed by atoms with Gasteiger partial charge in [0.05, 0.1) is 0 Å². The number of hydrogen-bond acceptors (Lipinski definition) is 3. The minimum Gasteiger partial charge on any atom is -0.357 e. The summed E-state index contributed by atoms with van der Waals surface area (Å²) in [5.74, 6) is 1.45. The quantitative estimate of drug-likeness (QED) is 0.555. The predicted molar refractivity (Wildman–Crippen MR) is 106 cm³/mol. The van der Waals surface area contributed by atoms with E-state index in [9.17, 15) is 0 Å². The van der Waals surface area contributed by atoms with Crippen LogP contribution in [0.4, 0.5) is 0 Å². The Kier molecular flexibility index (Phi) is 8.60. The largest absolute Gasteiger partial charge is 0.357 e. The van der Waals surface area contributed by atoms with Crippen molar-refractivity contribution in [2.75, 3.05) is 32.7 Å². The molecule has 2 N–H and O–H groups in total. The third kappa shape index (κ3) is 6.44. The fourth-order valence-electron chi connectivity index (χ4n) is 3.09. The molecule has 5 heteroatoms. The smallest absolute Gasteiger partial charge is 0.191 e. The van der Waals surface area contributed by atoms with Crippen LogP contribution in [0.5, 0.6) is 0 Å². The second kappa shape index (κ2) is 10.7. The number of aliphatic imine (C=N–C) groups is 1. The number of likely N-dealkylation sites (tertiary alicyclic amines) is 1. The van der Waals surface area contributed by atoms with E-state index < -0.39 is 0 Å². The van der Waals surface area contributed by atoms with Crippen LogP contribution in [0.3, 0.4) is 0 Å². The zero-order valence-electron chi connectivity index (χ0n) is 15.6. The van der Waals surface area contributed by atoms with Gasteiger partial charge in [-0.25, -0.2) is 0 Å². The van der Waals surface area contributed by atoms with Gasteiger partial charge in [-0.2, -0.15) is 11.3 Å². The Balaban J connectivity index is 1.79.